The highest BCUT2D eigenvalue weighted by Gasteiger charge is 2.33. The van der Waals surface area contributed by atoms with E-state index in [2.05, 4.69) is 32.6 Å². The zero-order valence-corrected chi connectivity index (χ0v) is 31.3. The van der Waals surface area contributed by atoms with E-state index in [-0.39, 0.29) is 36.0 Å². The van der Waals surface area contributed by atoms with Crippen molar-refractivity contribution in [1.82, 2.24) is 9.97 Å². The van der Waals surface area contributed by atoms with Crippen molar-refractivity contribution in [3.05, 3.63) is 82.6 Å². The quantitative estimate of drug-likeness (QED) is 0.0853. The highest BCUT2D eigenvalue weighted by Crippen LogP contribution is 2.35. The Kier molecular flexibility index (Phi) is 14.0. The SMILES string of the molecule is CCc1oc(-c2cccc(C(F)(F)F)c2)nc1CI.CCc1oc(-c2cccc(C(F)(F)F)c2)nc1CO[C@H]1CCC[C@@H](COC(C)(C)C(=O)O)C1. The predicted molar refractivity (Wildman–Crippen MR) is 189 cm³/mol. The molecule has 1 fully saturated rings. The molecule has 2 heterocycles. The summed E-state index contributed by atoms with van der Waals surface area (Å²) >= 11 is 2.15. The lowest BCUT2D eigenvalue weighted by Gasteiger charge is -2.31. The van der Waals surface area contributed by atoms with Crippen molar-refractivity contribution in [1.29, 1.82) is 0 Å². The normalized spacial score (nSPS) is 16.8. The third-order valence-corrected chi connectivity index (χ3v) is 9.31. The van der Waals surface area contributed by atoms with E-state index in [0.717, 1.165) is 61.4 Å². The molecule has 0 spiro atoms. The van der Waals surface area contributed by atoms with Crippen LogP contribution in [0.25, 0.3) is 22.9 Å². The predicted octanol–water partition coefficient (Wildman–Crippen LogP) is 10.7. The van der Waals surface area contributed by atoms with Crippen LogP contribution >= 0.6 is 22.6 Å². The monoisotopic (exact) mass is 850 g/mol. The standard InChI is InChI=1S/C24H30F3NO5.C13H11F3INO/c1-4-20-19(28-21(33-20)16-8-6-9-17(12-16)24(25,26)27)14-31-18-10-5-7-15(11-18)13-32-23(2,3)22(29)30;1-2-11-10(7-17)18-12(19-11)8-4-3-5-9(6-8)13(14,15)16/h6,8-9,12,15,18H,4-5,7,10-11,13-14H2,1-3H3,(H,29,30);3-6H,2,7H2,1H3/t15-,18+;/m1./s1. The number of oxazole rings is 2. The molecule has 1 aliphatic carbocycles. The fourth-order valence-electron chi connectivity index (χ4n) is 5.57. The molecule has 0 saturated heterocycles. The maximum atomic E-state index is 13.0. The zero-order chi connectivity index (χ0) is 38.3. The summed E-state index contributed by atoms with van der Waals surface area (Å²) in [5.74, 6) is 0.895. The van der Waals surface area contributed by atoms with Crippen molar-refractivity contribution >= 4 is 28.6 Å². The molecule has 0 amide bonds. The van der Waals surface area contributed by atoms with Gasteiger partial charge in [-0.05, 0) is 75.4 Å². The second kappa shape index (κ2) is 17.6. The molecule has 52 heavy (non-hydrogen) atoms. The van der Waals surface area contributed by atoms with Gasteiger partial charge in [0, 0.05) is 28.4 Å². The molecule has 2 aromatic heterocycles. The topological polar surface area (TPSA) is 108 Å². The number of ether oxygens (including phenoxy) is 2. The minimum atomic E-state index is -4.44. The lowest BCUT2D eigenvalue weighted by Crippen LogP contribution is -2.37. The lowest BCUT2D eigenvalue weighted by molar-refractivity contribution is -0.163. The molecule has 0 bridgehead atoms. The van der Waals surface area contributed by atoms with E-state index in [0.29, 0.717) is 40.9 Å². The number of aromatic nitrogens is 2. The summed E-state index contributed by atoms with van der Waals surface area (Å²) < 4.78 is 101. The first-order valence-electron chi connectivity index (χ1n) is 16.8. The number of nitrogens with zero attached hydrogens (tertiary/aromatic N) is 2. The number of alkyl halides is 7. The van der Waals surface area contributed by atoms with Crippen LogP contribution in [0.4, 0.5) is 26.3 Å². The van der Waals surface area contributed by atoms with Crippen molar-refractivity contribution in [2.24, 2.45) is 5.92 Å². The second-order valence-electron chi connectivity index (χ2n) is 12.9. The molecule has 2 atom stereocenters. The Balaban J connectivity index is 0.000000269. The number of hydrogen-bond acceptors (Lipinski definition) is 7. The van der Waals surface area contributed by atoms with Gasteiger partial charge in [0.25, 0.3) is 0 Å². The number of benzene rings is 2. The molecular weight excluding hydrogens is 809 g/mol. The molecule has 15 heteroatoms. The van der Waals surface area contributed by atoms with E-state index in [9.17, 15) is 36.2 Å². The summed E-state index contributed by atoms with van der Waals surface area (Å²) in [6, 6.07) is 9.93. The van der Waals surface area contributed by atoms with Crippen LogP contribution in [0.1, 0.15) is 87.4 Å². The van der Waals surface area contributed by atoms with Crippen LogP contribution in [0, 0.1) is 5.92 Å². The van der Waals surface area contributed by atoms with Crippen molar-refractivity contribution in [2.75, 3.05) is 6.61 Å². The number of aryl methyl sites for hydroxylation is 2. The molecule has 5 rings (SSSR count). The minimum Gasteiger partial charge on any atom is -0.479 e. The summed E-state index contributed by atoms with van der Waals surface area (Å²) in [4.78, 5) is 19.9. The van der Waals surface area contributed by atoms with Gasteiger partial charge in [0.2, 0.25) is 11.8 Å². The average Bonchev–Trinajstić information content (AvgIpc) is 3.74. The number of carbonyl (C=O) groups is 1. The van der Waals surface area contributed by atoms with Gasteiger partial charge in [-0.15, -0.1) is 0 Å². The molecule has 0 unspecified atom stereocenters. The van der Waals surface area contributed by atoms with Crippen molar-refractivity contribution in [2.45, 2.75) is 101 Å². The van der Waals surface area contributed by atoms with Gasteiger partial charge in [0.1, 0.15) is 17.2 Å². The van der Waals surface area contributed by atoms with Gasteiger partial charge in [0.05, 0.1) is 36.1 Å². The molecule has 4 aromatic rings. The number of halogens is 7. The molecule has 0 aliphatic heterocycles. The largest absolute Gasteiger partial charge is 0.479 e. The highest BCUT2D eigenvalue weighted by atomic mass is 127. The van der Waals surface area contributed by atoms with E-state index in [1.54, 1.807) is 6.07 Å². The Morgan fingerprint density at radius 3 is 1.85 bits per heavy atom. The second-order valence-corrected chi connectivity index (χ2v) is 13.6. The summed E-state index contributed by atoms with van der Waals surface area (Å²) in [7, 11) is 0. The minimum absolute atomic E-state index is 0.0290. The van der Waals surface area contributed by atoms with Gasteiger partial charge in [0.15, 0.2) is 5.60 Å². The Hall–Kier alpha value is -3.44. The van der Waals surface area contributed by atoms with E-state index < -0.39 is 35.0 Å². The Labute approximate surface area is 311 Å². The van der Waals surface area contributed by atoms with Gasteiger partial charge in [-0.25, -0.2) is 14.8 Å². The summed E-state index contributed by atoms with van der Waals surface area (Å²) in [6.45, 7) is 7.42. The molecule has 1 aliphatic rings. The van der Waals surface area contributed by atoms with Gasteiger partial charge >= 0.3 is 18.3 Å². The molecular formula is C37H41F6IN2O6. The third-order valence-electron chi connectivity index (χ3n) is 8.58. The van der Waals surface area contributed by atoms with Gasteiger partial charge in [-0.3, -0.25) is 0 Å². The molecule has 1 N–H and O–H groups in total. The Bertz CT molecular complexity index is 1760. The summed E-state index contributed by atoms with van der Waals surface area (Å²) in [5, 5.41) is 9.20. The summed E-state index contributed by atoms with van der Waals surface area (Å²) in [6.07, 6.45) is -4.11. The first kappa shape index (κ1) is 41.3. The Morgan fingerprint density at radius 1 is 0.865 bits per heavy atom. The lowest BCUT2D eigenvalue weighted by atomic mass is 9.87. The fraction of sp³-hybridized carbons (Fsp3) is 0.486. The molecule has 2 aromatic carbocycles. The van der Waals surface area contributed by atoms with E-state index in [1.165, 1.54) is 32.0 Å². The molecule has 1 saturated carbocycles. The zero-order valence-electron chi connectivity index (χ0n) is 29.2. The van der Waals surface area contributed by atoms with E-state index >= 15 is 0 Å². The van der Waals surface area contributed by atoms with Gasteiger partial charge < -0.3 is 23.4 Å². The number of aliphatic carboxylic acids is 1. The van der Waals surface area contributed by atoms with Gasteiger partial charge in [-0.1, -0.05) is 55.0 Å². The first-order valence-corrected chi connectivity index (χ1v) is 18.3. The number of carboxylic acid groups (broad SMARTS) is 1. The van der Waals surface area contributed by atoms with E-state index in [4.69, 9.17) is 18.3 Å². The van der Waals surface area contributed by atoms with Crippen LogP contribution in [0.5, 0.6) is 0 Å². The van der Waals surface area contributed by atoms with Crippen molar-refractivity contribution in [3.8, 4) is 22.9 Å². The third kappa shape index (κ3) is 11.0. The first-order chi connectivity index (χ1) is 24.4. The van der Waals surface area contributed by atoms with E-state index in [1.807, 2.05) is 13.8 Å². The van der Waals surface area contributed by atoms with Crippen LogP contribution in [0.15, 0.2) is 57.4 Å². The van der Waals surface area contributed by atoms with Crippen molar-refractivity contribution < 1.29 is 54.6 Å². The van der Waals surface area contributed by atoms with Crippen LogP contribution < -0.4 is 0 Å². The van der Waals surface area contributed by atoms with Crippen LogP contribution in [0.2, 0.25) is 0 Å². The maximum absolute atomic E-state index is 13.0. The maximum Gasteiger partial charge on any atom is 0.416 e. The van der Waals surface area contributed by atoms with Crippen LogP contribution in [-0.2, 0) is 50.5 Å². The molecule has 284 valence electrons. The number of carboxylic acids is 1. The van der Waals surface area contributed by atoms with Crippen LogP contribution in [0.3, 0.4) is 0 Å². The highest BCUT2D eigenvalue weighted by molar-refractivity contribution is 14.1. The van der Waals surface area contributed by atoms with Gasteiger partial charge in [-0.2, -0.15) is 26.3 Å². The number of rotatable bonds is 12. The smallest absolute Gasteiger partial charge is 0.416 e. The molecule has 8 nitrogen and oxygen atoms in total. The summed E-state index contributed by atoms with van der Waals surface area (Å²) in [5.41, 5.74) is -0.703. The number of hydrogen-bond donors (Lipinski definition) is 1. The van der Waals surface area contributed by atoms with Crippen LogP contribution in [-0.4, -0.2) is 39.4 Å². The molecule has 0 radical (unpaired) electrons. The Morgan fingerprint density at radius 2 is 1.38 bits per heavy atom. The fourth-order valence-corrected chi connectivity index (χ4v) is 6.17. The average molecular weight is 851 g/mol. The van der Waals surface area contributed by atoms with Crippen molar-refractivity contribution in [3.63, 3.8) is 0 Å².